The summed E-state index contributed by atoms with van der Waals surface area (Å²) in [5.74, 6) is 1.03. The van der Waals surface area contributed by atoms with Crippen LogP contribution < -0.4 is 14.8 Å². The average molecular weight is 343 g/mol. The molecule has 2 rings (SSSR count). The number of halogens is 1. The molecule has 7 heteroatoms. The molecule has 23 heavy (non-hydrogen) atoms. The minimum absolute atomic E-state index is 0.0976. The van der Waals surface area contributed by atoms with Crippen LogP contribution in [0.15, 0.2) is 12.1 Å². The van der Waals surface area contributed by atoms with Gasteiger partial charge in [-0.3, -0.25) is 0 Å². The van der Waals surface area contributed by atoms with Crippen LogP contribution in [0.5, 0.6) is 11.5 Å². The van der Waals surface area contributed by atoms with Crippen molar-refractivity contribution in [2.24, 2.45) is 0 Å². The molecule has 6 nitrogen and oxygen atoms in total. The number of rotatable bonds is 5. The van der Waals surface area contributed by atoms with Crippen LogP contribution in [-0.4, -0.2) is 51.0 Å². The molecule has 1 atom stereocenters. The highest BCUT2D eigenvalue weighted by Gasteiger charge is 2.24. The third-order valence-corrected chi connectivity index (χ3v) is 4.10. The summed E-state index contributed by atoms with van der Waals surface area (Å²) in [6, 6.07) is 3.08. The molecule has 0 radical (unpaired) electrons. The fraction of sp³-hybridized carbons (Fsp3) is 0.562. The first-order valence-electron chi connectivity index (χ1n) is 7.68. The summed E-state index contributed by atoms with van der Waals surface area (Å²) in [6.45, 7) is 3.91. The van der Waals surface area contributed by atoms with Gasteiger partial charge in [0.25, 0.3) is 0 Å². The van der Waals surface area contributed by atoms with E-state index < -0.39 is 0 Å². The predicted octanol–water partition coefficient (Wildman–Crippen LogP) is 3.39. The second-order valence-electron chi connectivity index (χ2n) is 5.28. The Hall–Kier alpha value is -1.66. The van der Waals surface area contributed by atoms with Crippen molar-refractivity contribution < 1.29 is 19.0 Å². The highest BCUT2D eigenvalue weighted by atomic mass is 35.5. The number of hydrogen-bond donors (Lipinski definition) is 1. The predicted molar refractivity (Wildman–Crippen MR) is 89.8 cm³/mol. The van der Waals surface area contributed by atoms with Crippen molar-refractivity contribution >= 4 is 23.3 Å². The van der Waals surface area contributed by atoms with Crippen molar-refractivity contribution in [3.63, 3.8) is 0 Å². The van der Waals surface area contributed by atoms with Crippen molar-refractivity contribution in [2.45, 2.75) is 25.9 Å². The maximum absolute atomic E-state index is 12.5. The topological polar surface area (TPSA) is 60.0 Å². The van der Waals surface area contributed by atoms with Crippen LogP contribution >= 0.6 is 11.6 Å². The van der Waals surface area contributed by atoms with Crippen LogP contribution in [-0.2, 0) is 4.74 Å². The van der Waals surface area contributed by atoms with E-state index in [1.54, 1.807) is 17.0 Å². The van der Waals surface area contributed by atoms with Crippen LogP contribution in [0.2, 0.25) is 5.02 Å². The number of hydrogen-bond acceptors (Lipinski definition) is 4. The van der Waals surface area contributed by atoms with Gasteiger partial charge in [0.1, 0.15) is 0 Å². The summed E-state index contributed by atoms with van der Waals surface area (Å²) in [5, 5.41) is 3.23. The minimum atomic E-state index is -0.191. The lowest BCUT2D eigenvalue weighted by Gasteiger charge is -2.32. The summed E-state index contributed by atoms with van der Waals surface area (Å²) in [5.41, 5.74) is 0.493. The molecule has 1 aromatic carbocycles. The first kappa shape index (κ1) is 17.7. The van der Waals surface area contributed by atoms with Gasteiger partial charge in [0.05, 0.1) is 31.0 Å². The summed E-state index contributed by atoms with van der Waals surface area (Å²) in [4.78, 5) is 14.2. The van der Waals surface area contributed by atoms with E-state index in [9.17, 15) is 4.79 Å². The fourth-order valence-electron chi connectivity index (χ4n) is 2.64. The Morgan fingerprint density at radius 1 is 1.35 bits per heavy atom. The third-order valence-electron chi connectivity index (χ3n) is 3.78. The molecule has 0 aromatic heterocycles. The Balaban J connectivity index is 2.07. The number of piperidine rings is 1. The van der Waals surface area contributed by atoms with Gasteiger partial charge in [-0.1, -0.05) is 11.6 Å². The molecule has 0 aliphatic carbocycles. The van der Waals surface area contributed by atoms with E-state index in [-0.39, 0.29) is 12.1 Å². The highest BCUT2D eigenvalue weighted by molar-refractivity contribution is 6.34. The molecule has 1 aliphatic rings. The number of ether oxygens (including phenoxy) is 3. The van der Waals surface area contributed by atoms with E-state index in [2.05, 4.69) is 5.32 Å². The van der Waals surface area contributed by atoms with Crippen molar-refractivity contribution in [2.75, 3.05) is 39.2 Å². The largest absolute Gasteiger partial charge is 0.493 e. The van der Waals surface area contributed by atoms with Gasteiger partial charge in [-0.2, -0.15) is 0 Å². The molecule has 0 saturated carbocycles. The molecular formula is C16H23ClN2O4. The standard InChI is InChI=1S/C16H23ClN2O4/c1-4-23-11-6-5-7-19(10-11)16(20)18-13-9-15(22-3)14(21-2)8-12(13)17/h8-9,11H,4-7,10H2,1-3H3,(H,18,20)/t11-/m1/s1. The fourth-order valence-corrected chi connectivity index (χ4v) is 2.84. The van der Waals surface area contributed by atoms with Crippen LogP contribution in [0.1, 0.15) is 19.8 Å². The Kier molecular flexibility index (Phi) is 6.36. The molecular weight excluding hydrogens is 320 g/mol. The molecule has 128 valence electrons. The molecule has 0 bridgehead atoms. The second-order valence-corrected chi connectivity index (χ2v) is 5.69. The zero-order valence-electron chi connectivity index (χ0n) is 13.7. The first-order valence-corrected chi connectivity index (χ1v) is 8.05. The molecule has 1 fully saturated rings. The Morgan fingerprint density at radius 2 is 2.04 bits per heavy atom. The number of nitrogens with one attached hydrogen (secondary N) is 1. The zero-order valence-corrected chi connectivity index (χ0v) is 14.5. The lowest BCUT2D eigenvalue weighted by molar-refractivity contribution is 0.0181. The van der Waals surface area contributed by atoms with Crippen molar-refractivity contribution in [1.82, 2.24) is 4.90 Å². The van der Waals surface area contributed by atoms with Crippen LogP contribution in [0.25, 0.3) is 0 Å². The molecule has 1 heterocycles. The van der Waals surface area contributed by atoms with Crippen LogP contribution in [0.3, 0.4) is 0 Å². The molecule has 1 N–H and O–H groups in total. The number of likely N-dealkylation sites (tertiary alicyclic amines) is 1. The van der Waals surface area contributed by atoms with Gasteiger partial charge >= 0.3 is 6.03 Å². The lowest BCUT2D eigenvalue weighted by Crippen LogP contribution is -2.45. The van der Waals surface area contributed by atoms with E-state index in [1.807, 2.05) is 6.92 Å². The summed E-state index contributed by atoms with van der Waals surface area (Å²) in [6.07, 6.45) is 2.01. The number of carbonyl (C=O) groups is 1. The maximum atomic E-state index is 12.5. The molecule has 0 unspecified atom stereocenters. The van der Waals surface area contributed by atoms with E-state index >= 15 is 0 Å². The number of anilines is 1. The normalized spacial score (nSPS) is 17.7. The summed E-state index contributed by atoms with van der Waals surface area (Å²) in [7, 11) is 3.07. The maximum Gasteiger partial charge on any atom is 0.321 e. The molecule has 1 saturated heterocycles. The van der Waals surface area contributed by atoms with E-state index in [4.69, 9.17) is 25.8 Å². The van der Waals surface area contributed by atoms with Gasteiger partial charge < -0.3 is 24.4 Å². The number of urea groups is 1. The van der Waals surface area contributed by atoms with Gasteiger partial charge in [-0.15, -0.1) is 0 Å². The summed E-state index contributed by atoms with van der Waals surface area (Å²) < 4.78 is 16.0. The van der Waals surface area contributed by atoms with Crippen molar-refractivity contribution in [3.05, 3.63) is 17.2 Å². The van der Waals surface area contributed by atoms with Crippen molar-refractivity contribution in [3.8, 4) is 11.5 Å². The van der Waals surface area contributed by atoms with Gasteiger partial charge in [-0.25, -0.2) is 4.79 Å². The number of nitrogens with zero attached hydrogens (tertiary/aromatic N) is 1. The Morgan fingerprint density at radius 3 is 2.70 bits per heavy atom. The third kappa shape index (κ3) is 4.42. The quantitative estimate of drug-likeness (QED) is 0.891. The minimum Gasteiger partial charge on any atom is -0.493 e. The van der Waals surface area contributed by atoms with Crippen LogP contribution in [0, 0.1) is 0 Å². The molecule has 0 spiro atoms. The monoisotopic (exact) mass is 342 g/mol. The van der Waals surface area contributed by atoms with Gasteiger partial charge in [0.2, 0.25) is 0 Å². The summed E-state index contributed by atoms with van der Waals surface area (Å²) >= 11 is 6.21. The van der Waals surface area contributed by atoms with E-state index in [0.717, 1.165) is 12.8 Å². The van der Waals surface area contributed by atoms with Gasteiger partial charge in [0.15, 0.2) is 11.5 Å². The zero-order chi connectivity index (χ0) is 16.8. The average Bonchev–Trinajstić information content (AvgIpc) is 2.56. The lowest BCUT2D eigenvalue weighted by atomic mass is 10.1. The first-order chi connectivity index (χ1) is 11.1. The highest BCUT2D eigenvalue weighted by Crippen LogP contribution is 2.36. The number of methoxy groups -OCH3 is 2. The van der Waals surface area contributed by atoms with E-state index in [0.29, 0.717) is 41.9 Å². The van der Waals surface area contributed by atoms with Gasteiger partial charge in [0, 0.05) is 31.8 Å². The molecule has 2 amide bonds. The SMILES string of the molecule is CCO[C@@H]1CCCN(C(=O)Nc2cc(OC)c(OC)cc2Cl)C1. The smallest absolute Gasteiger partial charge is 0.321 e. The molecule has 1 aliphatic heterocycles. The number of benzene rings is 1. The van der Waals surface area contributed by atoms with Crippen molar-refractivity contribution in [1.29, 1.82) is 0 Å². The van der Waals surface area contributed by atoms with Crippen LogP contribution in [0.4, 0.5) is 10.5 Å². The second kappa shape index (κ2) is 8.26. The van der Waals surface area contributed by atoms with E-state index in [1.165, 1.54) is 14.2 Å². The Bertz CT molecular complexity index is 551. The molecule has 1 aromatic rings. The number of carbonyl (C=O) groups excluding carboxylic acids is 1. The Labute approximate surface area is 141 Å². The number of amides is 2. The van der Waals surface area contributed by atoms with Gasteiger partial charge in [-0.05, 0) is 19.8 Å².